The molecule has 0 unspecified atom stereocenters. The predicted octanol–water partition coefficient (Wildman–Crippen LogP) is 8.22. The highest BCUT2D eigenvalue weighted by atomic mass is 15.2. The number of fused-ring (bicyclic) bond motifs is 18. The molecule has 7 aromatic carbocycles. The molecule has 0 radical (unpaired) electrons. The molecule has 7 heteroatoms. The van der Waals surface area contributed by atoms with Crippen molar-refractivity contribution >= 4 is 103 Å². The van der Waals surface area contributed by atoms with Crippen LogP contribution in [0.4, 0.5) is 22.7 Å². The Hall–Kier alpha value is -6.59. The Labute approximate surface area is 370 Å². The molecule has 9 aromatic rings. The second kappa shape index (κ2) is 10.9. The van der Waals surface area contributed by atoms with Crippen molar-refractivity contribution in [1.29, 1.82) is 0 Å². The first-order valence-corrected chi connectivity index (χ1v) is 22.9. The number of benzene rings is 7. The Morgan fingerprint density at radius 3 is 1.25 bits per heavy atom. The lowest BCUT2D eigenvalue weighted by atomic mass is 9.28. The molecule has 0 spiro atoms. The van der Waals surface area contributed by atoms with Crippen molar-refractivity contribution in [1.82, 2.24) is 9.13 Å². The monoisotopic (exact) mass is 806 g/mol. The highest BCUT2D eigenvalue weighted by molar-refractivity contribution is 7.06. The first-order chi connectivity index (χ1) is 30.4. The smallest absolute Gasteiger partial charge is 0.346 e. The Kier molecular flexibility index (Phi) is 6.07. The molecule has 6 aliphatic rings. The number of hydrogen-bond acceptors (Lipinski definition) is 2. The summed E-state index contributed by atoms with van der Waals surface area (Å²) in [6.45, 7) is 14.5. The fourth-order valence-electron chi connectivity index (χ4n) is 13.5. The molecule has 2 aromatic heterocycles. The summed E-state index contributed by atoms with van der Waals surface area (Å²) in [5.74, 6) is 0. The molecule has 4 nitrogen and oxygen atoms in total. The molecule has 0 saturated heterocycles. The third-order valence-electron chi connectivity index (χ3n) is 16.2. The lowest BCUT2D eigenvalue weighted by molar-refractivity contribution is 0.591. The standard InChI is InChI=1S/C56H45B3N4/c1-55(2,3)30-25-38-46-34-19-11-15-23-44(34)60(7)53(46)58-40-21-13-9-17-32(40)36-29-37-33-18-10-14-22-41(33)59-54-47(35-20-12-16-24-45(35)61(54)8)39-26-31(56(4,5)6)28-43-50(39)63(59)52(37)48-51(36)62(58)49(38)42(27-30)57(43)48/h9-29H,1-8H3. The number of aromatic nitrogens is 2. The van der Waals surface area contributed by atoms with Crippen molar-refractivity contribution in [3.8, 4) is 44.5 Å². The van der Waals surface area contributed by atoms with Crippen molar-refractivity contribution in [3.63, 3.8) is 0 Å². The van der Waals surface area contributed by atoms with Gasteiger partial charge < -0.3 is 18.8 Å². The minimum Gasteiger partial charge on any atom is -0.376 e. The van der Waals surface area contributed by atoms with Crippen LogP contribution in [0.25, 0.3) is 66.3 Å². The van der Waals surface area contributed by atoms with Crippen LogP contribution in [0, 0.1) is 0 Å². The molecular formula is C56H45B3N4. The second-order valence-corrected chi connectivity index (χ2v) is 21.3. The third-order valence-corrected chi connectivity index (χ3v) is 16.2. The van der Waals surface area contributed by atoms with Crippen LogP contribution < -0.4 is 48.1 Å². The predicted molar refractivity (Wildman–Crippen MR) is 270 cm³/mol. The summed E-state index contributed by atoms with van der Waals surface area (Å²) in [6, 6.07) is 50.0. The molecule has 0 N–H and O–H groups in total. The van der Waals surface area contributed by atoms with Crippen LogP contribution in [0.5, 0.6) is 0 Å². The molecule has 0 fully saturated rings. The molecule has 0 saturated carbocycles. The van der Waals surface area contributed by atoms with E-state index >= 15 is 0 Å². The Balaban J connectivity index is 1.20. The van der Waals surface area contributed by atoms with E-state index in [9.17, 15) is 0 Å². The largest absolute Gasteiger partial charge is 0.376 e. The van der Waals surface area contributed by atoms with E-state index in [2.05, 4.69) is 202 Å². The molecule has 0 bridgehead atoms. The van der Waals surface area contributed by atoms with Crippen molar-refractivity contribution in [2.75, 3.05) is 9.62 Å². The average Bonchev–Trinajstić information content (AvgIpc) is 3.75. The SMILES string of the molecule is Cn1c2c(c3ccccc31)-c1cc(C(C)(C)C)cc3c1N1B2c2ccccc2-c2cc4c5c(c21)B3c1cc(C(C)(C)C)cc2c1N5B(c1ccccc1-4)c1c-2c2ccccc2n1C. The van der Waals surface area contributed by atoms with Gasteiger partial charge >= 0.3 is 13.7 Å². The highest BCUT2D eigenvalue weighted by Crippen LogP contribution is 2.57. The van der Waals surface area contributed by atoms with E-state index in [0.717, 1.165) is 0 Å². The fourth-order valence-corrected chi connectivity index (χ4v) is 13.5. The normalized spacial score (nSPS) is 15.1. The number of para-hydroxylation sites is 2. The maximum absolute atomic E-state index is 2.84. The van der Waals surface area contributed by atoms with E-state index in [1.54, 1.807) is 0 Å². The third kappa shape index (κ3) is 3.90. The molecule has 6 aliphatic heterocycles. The van der Waals surface area contributed by atoms with Gasteiger partial charge in [0.2, 0.25) is 0 Å². The van der Waals surface area contributed by atoms with Gasteiger partial charge in [0.15, 0.2) is 0 Å². The van der Waals surface area contributed by atoms with Crippen LogP contribution in [-0.4, -0.2) is 29.5 Å². The van der Waals surface area contributed by atoms with Crippen LogP contribution in [0.3, 0.4) is 0 Å². The van der Waals surface area contributed by atoms with Crippen molar-refractivity contribution in [2.24, 2.45) is 14.1 Å². The summed E-state index contributed by atoms with van der Waals surface area (Å²) in [5, 5.41) is 2.68. The zero-order valence-corrected chi connectivity index (χ0v) is 37.1. The molecule has 0 amide bonds. The Morgan fingerprint density at radius 2 is 0.810 bits per heavy atom. The van der Waals surface area contributed by atoms with Gasteiger partial charge in [-0.15, -0.1) is 0 Å². The fraction of sp³-hybridized carbons (Fsp3) is 0.179. The van der Waals surface area contributed by atoms with Gasteiger partial charge in [0, 0.05) is 103 Å². The van der Waals surface area contributed by atoms with Crippen LogP contribution >= 0.6 is 0 Å². The quantitative estimate of drug-likeness (QED) is 0.144. The summed E-state index contributed by atoms with van der Waals surface area (Å²) in [5.41, 5.74) is 31.6. The van der Waals surface area contributed by atoms with Gasteiger partial charge in [-0.05, 0) is 90.7 Å². The minimum absolute atomic E-state index is 0.0127. The minimum atomic E-state index is -0.0710. The van der Waals surface area contributed by atoms with E-state index < -0.39 is 0 Å². The maximum Gasteiger partial charge on any atom is 0.346 e. The van der Waals surface area contributed by atoms with Gasteiger partial charge in [-0.2, -0.15) is 0 Å². The van der Waals surface area contributed by atoms with Crippen LogP contribution in [0.2, 0.25) is 0 Å². The summed E-state index contributed by atoms with van der Waals surface area (Å²) in [6.07, 6.45) is 0. The van der Waals surface area contributed by atoms with Gasteiger partial charge in [-0.3, -0.25) is 0 Å². The summed E-state index contributed by atoms with van der Waals surface area (Å²) >= 11 is 0. The Morgan fingerprint density at radius 1 is 0.397 bits per heavy atom. The van der Waals surface area contributed by atoms with Gasteiger partial charge in [0.25, 0.3) is 6.71 Å². The van der Waals surface area contributed by atoms with E-state index in [0.29, 0.717) is 0 Å². The van der Waals surface area contributed by atoms with Crippen LogP contribution in [0.1, 0.15) is 52.7 Å². The van der Waals surface area contributed by atoms with Crippen molar-refractivity contribution in [2.45, 2.75) is 52.4 Å². The molecule has 298 valence electrons. The average molecular weight is 806 g/mol. The lowest BCUT2D eigenvalue weighted by Crippen LogP contribution is -2.73. The van der Waals surface area contributed by atoms with Crippen molar-refractivity contribution in [3.05, 3.63) is 139 Å². The second-order valence-electron chi connectivity index (χ2n) is 21.3. The zero-order chi connectivity index (χ0) is 42.3. The maximum atomic E-state index is 2.84. The van der Waals surface area contributed by atoms with E-state index in [4.69, 9.17) is 0 Å². The zero-order valence-electron chi connectivity index (χ0n) is 37.1. The number of anilines is 4. The first kappa shape index (κ1) is 34.9. The van der Waals surface area contributed by atoms with E-state index in [1.807, 2.05) is 0 Å². The molecule has 63 heavy (non-hydrogen) atoms. The number of rotatable bonds is 0. The number of nitrogens with zero attached hydrogens (tertiary/aromatic N) is 4. The van der Waals surface area contributed by atoms with E-state index in [1.165, 1.54) is 139 Å². The van der Waals surface area contributed by atoms with Crippen LogP contribution in [-0.2, 0) is 24.9 Å². The number of hydrogen-bond donors (Lipinski definition) is 0. The molecular weight excluding hydrogens is 761 g/mol. The molecule has 15 rings (SSSR count). The number of aryl methyl sites for hydroxylation is 2. The summed E-state index contributed by atoms with van der Waals surface area (Å²) < 4.78 is 5.05. The highest BCUT2D eigenvalue weighted by Gasteiger charge is 2.58. The lowest BCUT2D eigenvalue weighted by Gasteiger charge is -2.55. The first-order valence-electron chi connectivity index (χ1n) is 22.9. The van der Waals surface area contributed by atoms with Gasteiger partial charge in [-0.25, -0.2) is 0 Å². The molecule has 8 heterocycles. The van der Waals surface area contributed by atoms with Crippen molar-refractivity contribution < 1.29 is 0 Å². The van der Waals surface area contributed by atoms with Crippen LogP contribution in [0.15, 0.2) is 127 Å². The molecule has 0 aliphatic carbocycles. The van der Waals surface area contributed by atoms with E-state index in [-0.39, 0.29) is 31.2 Å². The Bertz CT molecular complexity index is 3430. The topological polar surface area (TPSA) is 16.3 Å². The summed E-state index contributed by atoms with van der Waals surface area (Å²) in [4.78, 5) is 5.67. The van der Waals surface area contributed by atoms with Gasteiger partial charge in [0.1, 0.15) is 0 Å². The molecule has 0 atom stereocenters. The summed E-state index contributed by atoms with van der Waals surface area (Å²) in [7, 11) is 4.62. The van der Waals surface area contributed by atoms with Gasteiger partial charge in [-0.1, -0.05) is 139 Å². The van der Waals surface area contributed by atoms with Gasteiger partial charge in [0.05, 0.1) is 0 Å².